The maximum absolute atomic E-state index is 6.01. The quantitative estimate of drug-likeness (QED) is 0.526. The molecule has 0 aliphatic rings. The molecule has 0 aliphatic carbocycles. The van der Waals surface area contributed by atoms with Crippen molar-refractivity contribution in [3.8, 4) is 0 Å². The van der Waals surface area contributed by atoms with E-state index >= 15 is 0 Å². The summed E-state index contributed by atoms with van der Waals surface area (Å²) >= 11 is 11.6. The average molecular weight is 215 g/mol. The fraction of sp³-hybridized carbons (Fsp3) is 0.273. The number of hydrogen-bond donors (Lipinski definition) is 0. The zero-order chi connectivity index (χ0) is 9.68. The van der Waals surface area contributed by atoms with Gasteiger partial charge in [0.25, 0.3) is 0 Å². The molecule has 1 aromatic rings. The normalized spacial score (nSPS) is 11.8. The van der Waals surface area contributed by atoms with E-state index in [0.717, 1.165) is 17.0 Å². The predicted octanol–water partition coefficient (Wildman–Crippen LogP) is 4.07. The van der Waals surface area contributed by atoms with Crippen LogP contribution in [-0.2, 0) is 6.42 Å². The first kappa shape index (κ1) is 10.6. The Labute approximate surface area is 89.2 Å². The van der Waals surface area contributed by atoms with Crippen LogP contribution in [0.4, 0.5) is 0 Å². The highest BCUT2D eigenvalue weighted by Gasteiger charge is 1.98. The van der Waals surface area contributed by atoms with Crippen molar-refractivity contribution in [2.24, 2.45) is 0 Å². The summed E-state index contributed by atoms with van der Waals surface area (Å²) < 4.78 is 0. The average Bonchev–Trinajstić information content (AvgIpc) is 2.09. The molecule has 0 aliphatic heterocycles. The Hall–Kier alpha value is -0.460. The van der Waals surface area contributed by atoms with E-state index in [4.69, 9.17) is 23.2 Å². The van der Waals surface area contributed by atoms with Crippen molar-refractivity contribution in [1.82, 2.24) is 0 Å². The highest BCUT2D eigenvalue weighted by atomic mass is 35.5. The molecule has 1 rings (SSSR count). The summed E-state index contributed by atoms with van der Waals surface area (Å²) in [5, 5.41) is 0.824. The topological polar surface area (TPSA) is 0 Å². The van der Waals surface area contributed by atoms with Crippen LogP contribution in [-0.4, -0.2) is 5.88 Å². The van der Waals surface area contributed by atoms with E-state index in [1.165, 1.54) is 5.57 Å². The molecule has 13 heavy (non-hydrogen) atoms. The van der Waals surface area contributed by atoms with Crippen molar-refractivity contribution in [3.05, 3.63) is 46.5 Å². The van der Waals surface area contributed by atoms with Crippen LogP contribution in [0.3, 0.4) is 0 Å². The number of allylic oxidation sites excluding steroid dienone is 2. The lowest BCUT2D eigenvalue weighted by Crippen LogP contribution is -1.88. The molecule has 70 valence electrons. The van der Waals surface area contributed by atoms with E-state index < -0.39 is 0 Å². The highest BCUT2D eigenvalue weighted by Crippen LogP contribution is 2.18. The number of hydrogen-bond acceptors (Lipinski definition) is 0. The molecule has 0 saturated heterocycles. The molecular weight excluding hydrogens is 203 g/mol. The van der Waals surface area contributed by atoms with Crippen molar-refractivity contribution < 1.29 is 0 Å². The second-order valence-electron chi connectivity index (χ2n) is 2.97. The standard InChI is InChI=1S/C11H12Cl2/c1-9(6-7-12)8-10-4-2-3-5-11(10)13/h2-6H,7-8H2,1H3. The Bertz CT molecular complexity index is 303. The van der Waals surface area contributed by atoms with Gasteiger partial charge in [-0.15, -0.1) is 11.6 Å². The molecule has 0 unspecified atom stereocenters. The van der Waals surface area contributed by atoms with E-state index in [9.17, 15) is 0 Å². The summed E-state index contributed by atoms with van der Waals surface area (Å²) in [6.45, 7) is 2.06. The Balaban J connectivity index is 2.74. The molecule has 0 N–H and O–H groups in total. The van der Waals surface area contributed by atoms with Crippen molar-refractivity contribution >= 4 is 23.2 Å². The largest absolute Gasteiger partial charge is 0.122 e. The number of alkyl halides is 1. The molecule has 0 nitrogen and oxygen atoms in total. The van der Waals surface area contributed by atoms with Gasteiger partial charge in [-0.1, -0.05) is 41.4 Å². The summed E-state index contributed by atoms with van der Waals surface area (Å²) in [7, 11) is 0. The van der Waals surface area contributed by atoms with Crippen molar-refractivity contribution in [3.63, 3.8) is 0 Å². The molecule has 0 fully saturated rings. The first-order chi connectivity index (χ1) is 6.24. The van der Waals surface area contributed by atoms with Gasteiger partial charge in [-0.05, 0) is 25.0 Å². The van der Waals surface area contributed by atoms with Gasteiger partial charge in [-0.25, -0.2) is 0 Å². The minimum Gasteiger partial charge on any atom is -0.122 e. The lowest BCUT2D eigenvalue weighted by atomic mass is 10.1. The van der Waals surface area contributed by atoms with Gasteiger partial charge < -0.3 is 0 Å². The summed E-state index contributed by atoms with van der Waals surface area (Å²) in [5.74, 6) is 0.566. The van der Waals surface area contributed by atoms with Gasteiger partial charge in [0.2, 0.25) is 0 Å². The minimum atomic E-state index is 0.566. The van der Waals surface area contributed by atoms with Gasteiger partial charge in [0.15, 0.2) is 0 Å². The van der Waals surface area contributed by atoms with E-state index in [-0.39, 0.29) is 0 Å². The molecule has 1 aromatic carbocycles. The van der Waals surface area contributed by atoms with Crippen LogP contribution in [0.1, 0.15) is 12.5 Å². The van der Waals surface area contributed by atoms with Gasteiger partial charge in [0, 0.05) is 10.9 Å². The molecule has 0 spiro atoms. The third-order valence-electron chi connectivity index (χ3n) is 1.85. The SMILES string of the molecule is CC(=CCCl)Cc1ccccc1Cl. The van der Waals surface area contributed by atoms with Crippen LogP contribution in [0.2, 0.25) is 5.02 Å². The van der Waals surface area contributed by atoms with Crippen LogP contribution < -0.4 is 0 Å². The molecule has 0 bridgehead atoms. The Kier molecular flexibility index (Phi) is 4.34. The maximum Gasteiger partial charge on any atom is 0.0441 e. The van der Waals surface area contributed by atoms with Crippen molar-refractivity contribution in [1.29, 1.82) is 0 Å². The molecular formula is C11H12Cl2. The monoisotopic (exact) mass is 214 g/mol. The Morgan fingerprint density at radius 1 is 1.38 bits per heavy atom. The van der Waals surface area contributed by atoms with Crippen LogP contribution in [0, 0.1) is 0 Å². The molecule has 0 saturated carbocycles. The third kappa shape index (κ3) is 3.41. The summed E-state index contributed by atoms with van der Waals surface area (Å²) in [4.78, 5) is 0. The van der Waals surface area contributed by atoms with E-state index in [1.54, 1.807) is 0 Å². The van der Waals surface area contributed by atoms with Gasteiger partial charge in [-0.3, -0.25) is 0 Å². The first-order valence-electron chi connectivity index (χ1n) is 4.19. The summed E-state index contributed by atoms with van der Waals surface area (Å²) in [6.07, 6.45) is 2.89. The second kappa shape index (κ2) is 5.31. The molecule has 0 heterocycles. The zero-order valence-corrected chi connectivity index (χ0v) is 9.07. The fourth-order valence-corrected chi connectivity index (χ4v) is 1.61. The molecule has 0 aromatic heterocycles. The van der Waals surface area contributed by atoms with Crippen LogP contribution in [0.25, 0.3) is 0 Å². The van der Waals surface area contributed by atoms with E-state index in [0.29, 0.717) is 5.88 Å². The molecule has 0 radical (unpaired) electrons. The molecule has 0 amide bonds. The smallest absolute Gasteiger partial charge is 0.0441 e. The van der Waals surface area contributed by atoms with E-state index in [1.807, 2.05) is 30.3 Å². The number of halogens is 2. The van der Waals surface area contributed by atoms with Gasteiger partial charge in [0.1, 0.15) is 0 Å². The van der Waals surface area contributed by atoms with Crippen LogP contribution >= 0.6 is 23.2 Å². The Morgan fingerprint density at radius 3 is 2.69 bits per heavy atom. The van der Waals surface area contributed by atoms with Gasteiger partial charge in [0.05, 0.1) is 0 Å². The zero-order valence-electron chi connectivity index (χ0n) is 7.56. The van der Waals surface area contributed by atoms with Crippen LogP contribution in [0.5, 0.6) is 0 Å². The first-order valence-corrected chi connectivity index (χ1v) is 5.10. The highest BCUT2D eigenvalue weighted by molar-refractivity contribution is 6.31. The fourth-order valence-electron chi connectivity index (χ4n) is 1.15. The van der Waals surface area contributed by atoms with Gasteiger partial charge >= 0.3 is 0 Å². The van der Waals surface area contributed by atoms with E-state index in [2.05, 4.69) is 6.92 Å². The lowest BCUT2D eigenvalue weighted by Gasteiger charge is -2.03. The van der Waals surface area contributed by atoms with Crippen molar-refractivity contribution in [2.45, 2.75) is 13.3 Å². The Morgan fingerprint density at radius 2 is 2.08 bits per heavy atom. The number of benzene rings is 1. The predicted molar refractivity (Wildman–Crippen MR) is 59.6 cm³/mol. The summed E-state index contributed by atoms with van der Waals surface area (Å²) in [6, 6.07) is 7.88. The maximum atomic E-state index is 6.01. The lowest BCUT2D eigenvalue weighted by molar-refractivity contribution is 1.14. The molecule has 2 heteroatoms. The summed E-state index contributed by atoms with van der Waals surface area (Å²) in [5.41, 5.74) is 2.41. The van der Waals surface area contributed by atoms with Crippen molar-refractivity contribution in [2.75, 3.05) is 5.88 Å². The minimum absolute atomic E-state index is 0.566. The second-order valence-corrected chi connectivity index (χ2v) is 3.69. The number of rotatable bonds is 3. The third-order valence-corrected chi connectivity index (χ3v) is 2.38. The molecule has 0 atom stereocenters. The van der Waals surface area contributed by atoms with Crippen LogP contribution in [0.15, 0.2) is 35.9 Å². The van der Waals surface area contributed by atoms with Gasteiger partial charge in [-0.2, -0.15) is 0 Å².